The Kier molecular flexibility index (Phi) is 2.95. The highest BCUT2D eigenvalue weighted by atomic mass is 79.9. The molecule has 0 aliphatic heterocycles. The molecule has 0 radical (unpaired) electrons. The van der Waals surface area contributed by atoms with Crippen LogP contribution < -0.4 is 5.73 Å². The van der Waals surface area contributed by atoms with Crippen LogP contribution in [-0.4, -0.2) is 5.91 Å². The zero-order valence-corrected chi connectivity index (χ0v) is 9.56. The van der Waals surface area contributed by atoms with E-state index in [0.29, 0.717) is 10.0 Å². The highest BCUT2D eigenvalue weighted by Gasteiger charge is 2.27. The second-order valence-corrected chi connectivity index (χ2v) is 4.47. The first-order valence-electron chi connectivity index (χ1n) is 4.11. The summed E-state index contributed by atoms with van der Waals surface area (Å²) < 4.78 is 13.6. The van der Waals surface area contributed by atoms with Gasteiger partial charge in [-0.3, -0.25) is 4.79 Å². The van der Waals surface area contributed by atoms with Gasteiger partial charge < -0.3 is 5.73 Å². The van der Waals surface area contributed by atoms with Gasteiger partial charge in [0.05, 0.1) is 9.89 Å². The minimum Gasteiger partial charge on any atom is -0.369 e. The Morgan fingerprint density at radius 1 is 1.50 bits per heavy atom. The maximum Gasteiger partial charge on any atom is 0.227 e. The fourth-order valence-corrected chi connectivity index (χ4v) is 1.27. The van der Waals surface area contributed by atoms with Crippen LogP contribution in [0.2, 0.25) is 0 Å². The molecule has 0 aliphatic carbocycles. The van der Waals surface area contributed by atoms with Crippen molar-refractivity contribution < 1.29 is 9.18 Å². The number of carbonyl (C=O) groups is 1. The molecule has 0 aromatic heterocycles. The van der Waals surface area contributed by atoms with E-state index in [2.05, 4.69) is 15.9 Å². The van der Waals surface area contributed by atoms with Crippen molar-refractivity contribution in [3.8, 4) is 0 Å². The third-order valence-corrected chi connectivity index (χ3v) is 2.90. The van der Waals surface area contributed by atoms with Crippen molar-refractivity contribution in [3.05, 3.63) is 34.1 Å². The van der Waals surface area contributed by atoms with Gasteiger partial charge >= 0.3 is 0 Å². The van der Waals surface area contributed by atoms with Gasteiger partial charge in [0.25, 0.3) is 0 Å². The number of carbonyl (C=O) groups excluding carboxylic acids is 1. The highest BCUT2D eigenvalue weighted by molar-refractivity contribution is 9.10. The van der Waals surface area contributed by atoms with Gasteiger partial charge in [0.15, 0.2) is 0 Å². The van der Waals surface area contributed by atoms with Crippen LogP contribution in [0.3, 0.4) is 0 Å². The minimum absolute atomic E-state index is 0.376. The molecule has 4 heteroatoms. The van der Waals surface area contributed by atoms with E-state index in [9.17, 15) is 9.18 Å². The van der Waals surface area contributed by atoms with Crippen LogP contribution in [-0.2, 0) is 10.2 Å². The predicted molar refractivity (Wildman–Crippen MR) is 56.3 cm³/mol. The minimum atomic E-state index is -0.846. The van der Waals surface area contributed by atoms with Crippen molar-refractivity contribution in [1.29, 1.82) is 0 Å². The monoisotopic (exact) mass is 259 g/mol. The van der Waals surface area contributed by atoms with E-state index in [-0.39, 0.29) is 0 Å². The summed E-state index contributed by atoms with van der Waals surface area (Å²) in [6.07, 6.45) is 0. The van der Waals surface area contributed by atoms with Gasteiger partial charge in [0.1, 0.15) is 5.82 Å². The highest BCUT2D eigenvalue weighted by Crippen LogP contribution is 2.26. The number of amides is 1. The molecule has 2 nitrogen and oxygen atoms in total. The van der Waals surface area contributed by atoms with Crippen molar-refractivity contribution in [1.82, 2.24) is 0 Å². The van der Waals surface area contributed by atoms with E-state index in [0.717, 1.165) is 0 Å². The third-order valence-electron chi connectivity index (χ3n) is 2.26. The molecule has 14 heavy (non-hydrogen) atoms. The van der Waals surface area contributed by atoms with Gasteiger partial charge in [-0.25, -0.2) is 4.39 Å². The lowest BCUT2D eigenvalue weighted by Crippen LogP contribution is -2.35. The number of hydrogen-bond acceptors (Lipinski definition) is 1. The van der Waals surface area contributed by atoms with Gasteiger partial charge in [0.2, 0.25) is 5.91 Å². The molecule has 0 aliphatic rings. The van der Waals surface area contributed by atoms with E-state index in [1.807, 2.05) is 0 Å². The molecule has 0 atom stereocenters. The molecule has 76 valence electrons. The molecule has 0 bridgehead atoms. The Labute approximate surface area is 90.4 Å². The molecule has 1 amide bonds. The maximum atomic E-state index is 13.2. The summed E-state index contributed by atoms with van der Waals surface area (Å²) in [5, 5.41) is 0. The number of halogens is 2. The number of primary amides is 1. The first kappa shape index (κ1) is 11.2. The summed E-state index contributed by atoms with van der Waals surface area (Å²) in [5.74, 6) is -0.865. The lowest BCUT2D eigenvalue weighted by molar-refractivity contribution is -0.122. The Morgan fingerprint density at radius 2 is 2.07 bits per heavy atom. The number of nitrogens with two attached hydrogens (primary N) is 1. The van der Waals surface area contributed by atoms with Crippen LogP contribution in [0.25, 0.3) is 0 Å². The number of benzene rings is 1. The zero-order valence-electron chi connectivity index (χ0n) is 7.97. The summed E-state index contributed by atoms with van der Waals surface area (Å²) in [4.78, 5) is 11.1. The second-order valence-electron chi connectivity index (χ2n) is 3.62. The Hall–Kier alpha value is -0.900. The smallest absolute Gasteiger partial charge is 0.227 e. The molecule has 1 rings (SSSR count). The maximum absolute atomic E-state index is 13.2. The molecule has 1 aromatic rings. The lowest BCUT2D eigenvalue weighted by Gasteiger charge is -2.21. The predicted octanol–water partition coefficient (Wildman–Crippen LogP) is 2.35. The molecule has 0 unspecified atom stereocenters. The quantitative estimate of drug-likeness (QED) is 0.871. The number of hydrogen-bond donors (Lipinski definition) is 1. The molecule has 0 saturated carbocycles. The average Bonchev–Trinajstić information content (AvgIpc) is 2.09. The van der Waals surface area contributed by atoms with Crippen LogP contribution in [0.1, 0.15) is 19.4 Å². The molecule has 1 aromatic carbocycles. The van der Waals surface area contributed by atoms with E-state index in [1.165, 1.54) is 6.07 Å². The van der Waals surface area contributed by atoms with Crippen molar-refractivity contribution in [2.24, 2.45) is 5.73 Å². The Bertz CT molecular complexity index is 376. The first-order valence-corrected chi connectivity index (χ1v) is 4.90. The summed E-state index contributed by atoms with van der Waals surface area (Å²) in [6, 6.07) is 4.56. The van der Waals surface area contributed by atoms with Gasteiger partial charge in [-0.2, -0.15) is 0 Å². The van der Waals surface area contributed by atoms with E-state index < -0.39 is 17.1 Å². The normalized spacial score (nSPS) is 11.4. The standard InChI is InChI=1S/C10H11BrFNO/c1-10(2,9(13)14)6-3-4-7(11)8(12)5-6/h3-5H,1-2H3,(H2,13,14). The molecular weight excluding hydrogens is 249 g/mol. The fraction of sp³-hybridized carbons (Fsp3) is 0.300. The zero-order chi connectivity index (χ0) is 10.9. The van der Waals surface area contributed by atoms with Crippen LogP contribution in [0.5, 0.6) is 0 Å². The van der Waals surface area contributed by atoms with Crippen molar-refractivity contribution in [2.45, 2.75) is 19.3 Å². The van der Waals surface area contributed by atoms with Crippen molar-refractivity contribution >= 4 is 21.8 Å². The Balaban J connectivity index is 3.21. The molecule has 0 saturated heterocycles. The van der Waals surface area contributed by atoms with Gasteiger partial charge in [-0.15, -0.1) is 0 Å². The molecule has 0 heterocycles. The molecule has 0 fully saturated rings. The van der Waals surface area contributed by atoms with Crippen LogP contribution >= 0.6 is 15.9 Å². The second kappa shape index (κ2) is 3.69. The third kappa shape index (κ3) is 1.95. The Morgan fingerprint density at radius 3 is 2.50 bits per heavy atom. The van der Waals surface area contributed by atoms with E-state index in [4.69, 9.17) is 5.73 Å². The fourth-order valence-electron chi connectivity index (χ4n) is 1.03. The van der Waals surface area contributed by atoms with Crippen molar-refractivity contribution in [2.75, 3.05) is 0 Å². The molecule has 2 N–H and O–H groups in total. The summed E-state index contributed by atoms with van der Waals surface area (Å²) in [5.41, 5.74) is 4.95. The van der Waals surface area contributed by atoms with E-state index in [1.54, 1.807) is 26.0 Å². The largest absolute Gasteiger partial charge is 0.369 e. The van der Waals surface area contributed by atoms with Crippen LogP contribution in [0, 0.1) is 5.82 Å². The molecule has 0 spiro atoms. The number of rotatable bonds is 2. The molecular formula is C10H11BrFNO. The summed E-state index contributed by atoms with van der Waals surface area (Å²) in [6.45, 7) is 3.33. The van der Waals surface area contributed by atoms with Gasteiger partial charge in [-0.05, 0) is 47.5 Å². The van der Waals surface area contributed by atoms with Gasteiger partial charge in [-0.1, -0.05) is 6.07 Å². The average molecular weight is 260 g/mol. The van der Waals surface area contributed by atoms with E-state index >= 15 is 0 Å². The van der Waals surface area contributed by atoms with Gasteiger partial charge in [0, 0.05) is 0 Å². The van der Waals surface area contributed by atoms with Crippen LogP contribution in [0.15, 0.2) is 22.7 Å². The summed E-state index contributed by atoms with van der Waals surface area (Å²) in [7, 11) is 0. The topological polar surface area (TPSA) is 43.1 Å². The van der Waals surface area contributed by atoms with Crippen molar-refractivity contribution in [3.63, 3.8) is 0 Å². The first-order chi connectivity index (χ1) is 6.35. The SMILES string of the molecule is CC(C)(C(N)=O)c1ccc(Br)c(F)c1. The summed E-state index contributed by atoms with van der Waals surface area (Å²) >= 11 is 3.04. The lowest BCUT2D eigenvalue weighted by atomic mass is 9.84. The van der Waals surface area contributed by atoms with Crippen LogP contribution in [0.4, 0.5) is 4.39 Å².